The minimum atomic E-state index is -0.594. The molecule has 2 aromatic rings. The van der Waals surface area contributed by atoms with Gasteiger partial charge in [0.25, 0.3) is 0 Å². The van der Waals surface area contributed by atoms with Gasteiger partial charge in [0.05, 0.1) is 4.34 Å². The van der Waals surface area contributed by atoms with Gasteiger partial charge in [-0.25, -0.2) is 0 Å². The van der Waals surface area contributed by atoms with E-state index in [2.05, 4.69) is 15.2 Å². The van der Waals surface area contributed by atoms with Crippen LogP contribution >= 0.6 is 46.9 Å². The standard InChI is InChI=1S/C19H24ClN3O2S.HI/c1-21-19(22-13-16(24)17-7-8-18(20)26-17)23-11-9-15(10-12-23)25-14-5-3-2-4-6-14;/h2-8,15-16,24H,9-13H2,1H3,(H,21,22);1H. The Balaban J connectivity index is 0.00000261. The first-order valence-electron chi connectivity index (χ1n) is 8.76. The molecule has 1 aromatic heterocycles. The largest absolute Gasteiger partial charge is 0.490 e. The van der Waals surface area contributed by atoms with Crippen LogP contribution in [0.2, 0.25) is 4.34 Å². The zero-order valence-corrected chi connectivity index (χ0v) is 19.1. The smallest absolute Gasteiger partial charge is 0.193 e. The van der Waals surface area contributed by atoms with E-state index >= 15 is 0 Å². The lowest BCUT2D eigenvalue weighted by molar-refractivity contribution is 0.128. The summed E-state index contributed by atoms with van der Waals surface area (Å²) < 4.78 is 6.72. The van der Waals surface area contributed by atoms with Crippen LogP contribution < -0.4 is 10.1 Å². The molecule has 2 N–H and O–H groups in total. The summed E-state index contributed by atoms with van der Waals surface area (Å²) in [5.41, 5.74) is 0. The minimum Gasteiger partial charge on any atom is -0.490 e. The van der Waals surface area contributed by atoms with Crippen LogP contribution in [0.15, 0.2) is 47.5 Å². The number of aliphatic imine (C=N–C) groups is 1. The summed E-state index contributed by atoms with van der Waals surface area (Å²) in [6.07, 6.45) is 1.52. The number of aliphatic hydroxyl groups excluding tert-OH is 1. The number of ether oxygens (including phenoxy) is 1. The van der Waals surface area contributed by atoms with Crippen molar-refractivity contribution in [3.8, 4) is 5.75 Å². The number of halogens is 2. The van der Waals surface area contributed by atoms with Crippen molar-refractivity contribution in [3.63, 3.8) is 0 Å². The maximum Gasteiger partial charge on any atom is 0.193 e. The monoisotopic (exact) mass is 521 g/mol. The van der Waals surface area contributed by atoms with Gasteiger partial charge in [-0.2, -0.15) is 0 Å². The normalized spacial score (nSPS) is 16.6. The van der Waals surface area contributed by atoms with Crippen molar-refractivity contribution in [2.75, 3.05) is 26.7 Å². The molecule has 1 fully saturated rings. The van der Waals surface area contributed by atoms with Crippen molar-refractivity contribution < 1.29 is 9.84 Å². The van der Waals surface area contributed by atoms with Crippen LogP contribution in [0.5, 0.6) is 5.75 Å². The van der Waals surface area contributed by atoms with Crippen LogP contribution in [0.3, 0.4) is 0 Å². The van der Waals surface area contributed by atoms with Gasteiger partial charge in [0.2, 0.25) is 0 Å². The molecule has 1 aromatic carbocycles. The number of hydrogen-bond donors (Lipinski definition) is 2. The topological polar surface area (TPSA) is 57.1 Å². The predicted molar refractivity (Wildman–Crippen MR) is 123 cm³/mol. The van der Waals surface area contributed by atoms with Gasteiger partial charge in [-0.1, -0.05) is 29.8 Å². The highest BCUT2D eigenvalue weighted by molar-refractivity contribution is 14.0. The Morgan fingerprint density at radius 2 is 2.00 bits per heavy atom. The van der Waals surface area contributed by atoms with Crippen LogP contribution in [0.25, 0.3) is 0 Å². The van der Waals surface area contributed by atoms with E-state index in [1.54, 1.807) is 13.1 Å². The molecule has 1 aliphatic heterocycles. The van der Waals surface area contributed by atoms with Gasteiger partial charge < -0.3 is 20.1 Å². The third-order valence-electron chi connectivity index (χ3n) is 4.38. The number of nitrogens with zero attached hydrogens (tertiary/aromatic N) is 2. The predicted octanol–water partition coefficient (Wildman–Crippen LogP) is 4.17. The van der Waals surface area contributed by atoms with Crippen molar-refractivity contribution in [3.05, 3.63) is 51.7 Å². The second-order valence-corrected chi connectivity index (χ2v) is 7.95. The summed E-state index contributed by atoms with van der Waals surface area (Å²) in [5, 5.41) is 13.5. The Labute approximate surface area is 186 Å². The van der Waals surface area contributed by atoms with E-state index in [1.807, 2.05) is 36.4 Å². The fourth-order valence-corrected chi connectivity index (χ4v) is 4.05. The van der Waals surface area contributed by atoms with Crippen molar-refractivity contribution in [1.29, 1.82) is 0 Å². The molecule has 1 atom stereocenters. The molecule has 0 aliphatic carbocycles. The van der Waals surface area contributed by atoms with Gasteiger partial charge in [0.1, 0.15) is 18.0 Å². The van der Waals surface area contributed by atoms with Crippen LogP contribution in [0.1, 0.15) is 23.8 Å². The molecule has 0 radical (unpaired) electrons. The van der Waals surface area contributed by atoms with E-state index in [1.165, 1.54) is 11.3 Å². The van der Waals surface area contributed by atoms with Crippen molar-refractivity contribution in [2.24, 2.45) is 4.99 Å². The molecule has 27 heavy (non-hydrogen) atoms. The molecule has 0 amide bonds. The number of hydrogen-bond acceptors (Lipinski definition) is 4. The molecular formula is C19H25ClIN3O2S. The molecule has 1 saturated heterocycles. The van der Waals surface area contributed by atoms with Crippen molar-refractivity contribution >= 4 is 52.9 Å². The number of likely N-dealkylation sites (tertiary alicyclic amines) is 1. The van der Waals surface area contributed by atoms with E-state index < -0.39 is 6.10 Å². The highest BCUT2D eigenvalue weighted by atomic mass is 127. The first-order valence-corrected chi connectivity index (χ1v) is 9.95. The lowest BCUT2D eigenvalue weighted by Gasteiger charge is -2.34. The number of nitrogens with one attached hydrogen (secondary N) is 1. The second-order valence-electron chi connectivity index (χ2n) is 6.20. The van der Waals surface area contributed by atoms with E-state index in [4.69, 9.17) is 16.3 Å². The average molecular weight is 522 g/mol. The van der Waals surface area contributed by atoms with Gasteiger partial charge >= 0.3 is 0 Å². The fraction of sp³-hybridized carbons (Fsp3) is 0.421. The number of benzene rings is 1. The molecule has 2 heterocycles. The van der Waals surface area contributed by atoms with Crippen LogP contribution in [0.4, 0.5) is 0 Å². The summed E-state index contributed by atoms with van der Waals surface area (Å²) in [5.74, 6) is 1.73. The lowest BCUT2D eigenvalue weighted by atomic mass is 10.1. The first-order chi connectivity index (χ1) is 12.7. The molecule has 1 aliphatic rings. The molecular weight excluding hydrogens is 497 g/mol. The van der Waals surface area contributed by atoms with Gasteiger partial charge in [0.15, 0.2) is 5.96 Å². The molecule has 3 rings (SSSR count). The van der Waals surface area contributed by atoms with Gasteiger partial charge in [0, 0.05) is 44.4 Å². The molecule has 148 valence electrons. The summed E-state index contributed by atoms with van der Waals surface area (Å²) in [7, 11) is 1.77. The number of guanidine groups is 1. The molecule has 1 unspecified atom stereocenters. The van der Waals surface area contributed by atoms with Gasteiger partial charge in [-0.15, -0.1) is 35.3 Å². The minimum absolute atomic E-state index is 0. The summed E-state index contributed by atoms with van der Waals surface area (Å²) >= 11 is 7.33. The number of thiophene rings is 1. The number of rotatable bonds is 5. The maximum absolute atomic E-state index is 10.3. The Morgan fingerprint density at radius 3 is 2.59 bits per heavy atom. The maximum atomic E-state index is 10.3. The second kappa shape index (κ2) is 11.1. The summed E-state index contributed by atoms with van der Waals surface area (Å²) in [6.45, 7) is 2.15. The molecule has 8 heteroatoms. The highest BCUT2D eigenvalue weighted by Gasteiger charge is 2.23. The van der Waals surface area contributed by atoms with E-state index in [0.29, 0.717) is 10.9 Å². The molecule has 0 spiro atoms. The van der Waals surface area contributed by atoms with Crippen molar-refractivity contribution in [1.82, 2.24) is 10.2 Å². The Bertz CT molecular complexity index is 721. The Morgan fingerprint density at radius 1 is 1.30 bits per heavy atom. The Hall–Kier alpha value is -1.03. The fourth-order valence-electron chi connectivity index (χ4n) is 3.01. The van der Waals surface area contributed by atoms with Crippen LogP contribution in [0, 0.1) is 0 Å². The zero-order valence-electron chi connectivity index (χ0n) is 15.2. The quantitative estimate of drug-likeness (QED) is 0.352. The summed E-state index contributed by atoms with van der Waals surface area (Å²) in [6, 6.07) is 13.6. The molecule has 0 bridgehead atoms. The van der Waals surface area contributed by atoms with Crippen LogP contribution in [-0.4, -0.2) is 48.8 Å². The molecule has 5 nitrogen and oxygen atoms in total. The zero-order chi connectivity index (χ0) is 18.4. The SMILES string of the molecule is CN=C(NCC(O)c1ccc(Cl)s1)N1CCC(Oc2ccccc2)CC1.I. The van der Waals surface area contributed by atoms with E-state index in [0.717, 1.165) is 42.5 Å². The van der Waals surface area contributed by atoms with E-state index in [9.17, 15) is 5.11 Å². The van der Waals surface area contributed by atoms with Crippen LogP contribution in [-0.2, 0) is 0 Å². The third-order valence-corrected chi connectivity index (χ3v) is 5.71. The average Bonchev–Trinajstić information content (AvgIpc) is 3.11. The number of piperidine rings is 1. The molecule has 0 saturated carbocycles. The summed E-state index contributed by atoms with van der Waals surface area (Å²) in [4.78, 5) is 7.41. The number of para-hydroxylation sites is 1. The third kappa shape index (κ3) is 6.51. The highest BCUT2D eigenvalue weighted by Crippen LogP contribution is 2.26. The van der Waals surface area contributed by atoms with Crippen molar-refractivity contribution in [2.45, 2.75) is 25.0 Å². The first kappa shape index (κ1) is 22.3. The lowest BCUT2D eigenvalue weighted by Crippen LogP contribution is -2.48. The van der Waals surface area contributed by atoms with Gasteiger partial charge in [-0.05, 0) is 24.3 Å². The van der Waals surface area contributed by atoms with E-state index in [-0.39, 0.29) is 30.1 Å². The van der Waals surface area contributed by atoms with Gasteiger partial charge in [-0.3, -0.25) is 4.99 Å². The Kier molecular flexibility index (Phi) is 9.14. The number of aliphatic hydroxyl groups is 1.